The highest BCUT2D eigenvalue weighted by atomic mass is 32.1. The van der Waals surface area contributed by atoms with Gasteiger partial charge in [-0.05, 0) is 17.6 Å². The predicted octanol–water partition coefficient (Wildman–Crippen LogP) is 0.245. The van der Waals surface area contributed by atoms with Crippen molar-refractivity contribution in [3.05, 3.63) is 0 Å². The third-order valence-corrected chi connectivity index (χ3v) is 2.10. The van der Waals surface area contributed by atoms with Gasteiger partial charge in [0, 0.05) is 11.5 Å². The number of amides is 1. The van der Waals surface area contributed by atoms with E-state index in [1.807, 2.05) is 13.8 Å². The fraction of sp³-hybridized carbons (Fsp3) is 0.714. The van der Waals surface area contributed by atoms with E-state index in [9.17, 15) is 4.79 Å². The second-order valence-corrected chi connectivity index (χ2v) is 4.13. The van der Waals surface area contributed by atoms with Gasteiger partial charge in [-0.2, -0.15) is 0 Å². The van der Waals surface area contributed by atoms with E-state index in [0.29, 0.717) is 17.5 Å². The lowest BCUT2D eigenvalue weighted by molar-refractivity contribution is -0.117. The van der Waals surface area contributed by atoms with Crippen LogP contribution in [-0.4, -0.2) is 26.7 Å². The molecule has 14 heavy (non-hydrogen) atoms. The third kappa shape index (κ3) is 3.35. The number of carbonyl (C=O) groups is 1. The Hall–Kier alpha value is -1.08. The fourth-order valence-electron chi connectivity index (χ4n) is 0.995. The molecule has 3 N–H and O–H groups in total. The number of anilines is 1. The Morgan fingerprint density at radius 3 is 2.86 bits per heavy atom. The molecule has 0 aliphatic rings. The predicted molar refractivity (Wildman–Crippen MR) is 53.8 cm³/mol. The van der Waals surface area contributed by atoms with Crippen molar-refractivity contribution in [1.29, 1.82) is 0 Å². The number of hydrogen-bond donors (Lipinski definition) is 2. The lowest BCUT2D eigenvalue weighted by Crippen LogP contribution is -2.36. The van der Waals surface area contributed by atoms with Crippen molar-refractivity contribution in [2.24, 2.45) is 11.7 Å². The molecule has 0 bridgehead atoms. The van der Waals surface area contributed by atoms with Crippen LogP contribution < -0.4 is 11.1 Å². The van der Waals surface area contributed by atoms with Crippen molar-refractivity contribution >= 4 is 22.6 Å². The Bertz CT molecular complexity index is 286. The van der Waals surface area contributed by atoms with Crippen molar-refractivity contribution < 1.29 is 4.79 Å². The highest BCUT2D eigenvalue weighted by molar-refractivity contribution is 7.09. The lowest BCUT2D eigenvalue weighted by Gasteiger charge is -2.12. The van der Waals surface area contributed by atoms with Crippen LogP contribution in [0, 0.1) is 5.92 Å². The third-order valence-electron chi connectivity index (χ3n) is 1.59. The topological polar surface area (TPSA) is 93.8 Å². The maximum absolute atomic E-state index is 11.4. The number of carbonyl (C=O) groups excluding carboxylic acids is 1. The summed E-state index contributed by atoms with van der Waals surface area (Å²) in [5.41, 5.74) is 5.66. The summed E-state index contributed by atoms with van der Waals surface area (Å²) in [7, 11) is 0. The quantitative estimate of drug-likeness (QED) is 0.750. The number of nitrogens with zero attached hydrogens (tertiary/aromatic N) is 3. The monoisotopic (exact) mass is 215 g/mol. The van der Waals surface area contributed by atoms with E-state index in [2.05, 4.69) is 20.1 Å². The van der Waals surface area contributed by atoms with Crippen LogP contribution in [0.4, 0.5) is 5.13 Å². The summed E-state index contributed by atoms with van der Waals surface area (Å²) in [5.74, 6) is 0.153. The maximum atomic E-state index is 11.4. The molecule has 1 aromatic rings. The van der Waals surface area contributed by atoms with E-state index in [0.717, 1.165) is 11.5 Å². The highest BCUT2D eigenvalue weighted by Crippen LogP contribution is 2.08. The first-order valence-corrected chi connectivity index (χ1v) is 5.08. The van der Waals surface area contributed by atoms with Crippen LogP contribution in [0.5, 0.6) is 0 Å². The molecule has 7 heteroatoms. The molecule has 1 heterocycles. The van der Waals surface area contributed by atoms with Crippen molar-refractivity contribution in [2.45, 2.75) is 26.3 Å². The summed E-state index contributed by atoms with van der Waals surface area (Å²) in [6.07, 6.45) is 0.651. The van der Waals surface area contributed by atoms with Gasteiger partial charge in [0.2, 0.25) is 11.0 Å². The minimum absolute atomic E-state index is 0.239. The van der Waals surface area contributed by atoms with Gasteiger partial charge >= 0.3 is 0 Å². The number of aromatic nitrogens is 3. The van der Waals surface area contributed by atoms with Crippen LogP contribution in [-0.2, 0) is 4.79 Å². The largest absolute Gasteiger partial charge is 0.320 e. The van der Waals surface area contributed by atoms with Gasteiger partial charge in [0.15, 0.2) is 0 Å². The van der Waals surface area contributed by atoms with Crippen LogP contribution in [0.2, 0.25) is 0 Å². The normalized spacial score (nSPS) is 12.9. The maximum Gasteiger partial charge on any atom is 0.243 e. The number of rotatable bonds is 4. The Kier molecular flexibility index (Phi) is 3.90. The zero-order chi connectivity index (χ0) is 10.6. The highest BCUT2D eigenvalue weighted by Gasteiger charge is 2.16. The molecule has 1 amide bonds. The van der Waals surface area contributed by atoms with Crippen molar-refractivity contribution in [1.82, 2.24) is 14.8 Å². The van der Waals surface area contributed by atoms with Crippen molar-refractivity contribution in [3.63, 3.8) is 0 Å². The van der Waals surface area contributed by atoms with E-state index in [4.69, 9.17) is 5.73 Å². The fourth-order valence-corrected chi connectivity index (χ4v) is 1.36. The first-order chi connectivity index (χ1) is 6.59. The van der Waals surface area contributed by atoms with Crippen LogP contribution in [0.3, 0.4) is 0 Å². The van der Waals surface area contributed by atoms with Gasteiger partial charge < -0.3 is 5.73 Å². The molecule has 0 unspecified atom stereocenters. The zero-order valence-corrected chi connectivity index (χ0v) is 8.91. The Labute approximate surface area is 86.0 Å². The molecule has 0 saturated carbocycles. The minimum Gasteiger partial charge on any atom is -0.320 e. The summed E-state index contributed by atoms with van der Waals surface area (Å²) in [4.78, 5) is 11.4. The van der Waals surface area contributed by atoms with Crippen LogP contribution in [0.1, 0.15) is 20.3 Å². The molecule has 1 aromatic heterocycles. The number of hydrogen-bond acceptors (Lipinski definition) is 6. The Morgan fingerprint density at radius 2 is 2.36 bits per heavy atom. The van der Waals surface area contributed by atoms with E-state index >= 15 is 0 Å². The standard InChI is InChI=1S/C7H13N5OS/c1-4(2)3-5(8)6(13)9-7-10-11-12-14-7/h4-5H,3,8H2,1-2H3,(H,9,10,12,13)/t5-/m1/s1. The summed E-state index contributed by atoms with van der Waals surface area (Å²) in [5, 5.41) is 9.88. The molecule has 0 aliphatic heterocycles. The molecular formula is C7H13N5OS. The molecule has 1 atom stereocenters. The Morgan fingerprint density at radius 1 is 1.64 bits per heavy atom. The molecule has 0 fully saturated rings. The molecule has 78 valence electrons. The van der Waals surface area contributed by atoms with Crippen molar-refractivity contribution in [2.75, 3.05) is 5.32 Å². The summed E-state index contributed by atoms with van der Waals surface area (Å²) >= 11 is 1.03. The second kappa shape index (κ2) is 4.97. The summed E-state index contributed by atoms with van der Waals surface area (Å²) in [6, 6.07) is -0.501. The van der Waals surface area contributed by atoms with Gasteiger partial charge in [-0.3, -0.25) is 10.1 Å². The van der Waals surface area contributed by atoms with Crippen LogP contribution in [0.15, 0.2) is 0 Å². The average molecular weight is 215 g/mol. The van der Waals surface area contributed by atoms with Gasteiger partial charge in [0.05, 0.1) is 6.04 Å². The van der Waals surface area contributed by atoms with E-state index in [1.54, 1.807) is 0 Å². The van der Waals surface area contributed by atoms with E-state index < -0.39 is 6.04 Å². The molecule has 1 rings (SSSR count). The SMILES string of the molecule is CC(C)C[C@@H](N)C(=O)Nc1nnns1. The second-order valence-electron chi connectivity index (χ2n) is 3.39. The van der Waals surface area contributed by atoms with Gasteiger partial charge in [0.25, 0.3) is 0 Å². The molecule has 0 radical (unpaired) electrons. The van der Waals surface area contributed by atoms with Gasteiger partial charge in [-0.25, -0.2) is 0 Å². The molecular weight excluding hydrogens is 202 g/mol. The first-order valence-electron chi connectivity index (χ1n) is 4.31. The lowest BCUT2D eigenvalue weighted by atomic mass is 10.0. The molecule has 0 aromatic carbocycles. The van der Waals surface area contributed by atoms with Gasteiger partial charge in [-0.1, -0.05) is 23.4 Å². The molecule has 0 spiro atoms. The molecule has 0 saturated heterocycles. The summed E-state index contributed by atoms with van der Waals surface area (Å²) < 4.78 is 3.52. The smallest absolute Gasteiger partial charge is 0.243 e. The van der Waals surface area contributed by atoms with Crippen molar-refractivity contribution in [3.8, 4) is 0 Å². The van der Waals surface area contributed by atoms with Gasteiger partial charge in [-0.15, -0.1) is 0 Å². The van der Waals surface area contributed by atoms with E-state index in [1.165, 1.54) is 0 Å². The minimum atomic E-state index is -0.501. The number of nitrogens with two attached hydrogens (primary N) is 1. The zero-order valence-electron chi connectivity index (χ0n) is 8.10. The molecule has 0 aliphatic carbocycles. The molecule has 6 nitrogen and oxygen atoms in total. The number of nitrogens with one attached hydrogen (secondary N) is 1. The van der Waals surface area contributed by atoms with Crippen LogP contribution in [0.25, 0.3) is 0 Å². The van der Waals surface area contributed by atoms with Crippen LogP contribution >= 0.6 is 11.5 Å². The van der Waals surface area contributed by atoms with E-state index in [-0.39, 0.29) is 5.91 Å². The summed E-state index contributed by atoms with van der Waals surface area (Å²) in [6.45, 7) is 4.03. The Balaban J connectivity index is 2.42. The average Bonchev–Trinajstić information content (AvgIpc) is 2.55. The van der Waals surface area contributed by atoms with Gasteiger partial charge in [0.1, 0.15) is 0 Å². The first kappa shape index (κ1) is 11.0.